The monoisotopic (exact) mass is 320 g/mol. The van der Waals surface area contributed by atoms with Crippen molar-refractivity contribution < 1.29 is 4.79 Å². The number of halogens is 3. The van der Waals surface area contributed by atoms with Gasteiger partial charge in [-0.15, -0.1) is 0 Å². The number of amides is 1. The molecule has 0 bridgehead atoms. The second-order valence-corrected chi connectivity index (χ2v) is 6.01. The standard InChI is InChI=1S/C13H15Cl3N2O/c1-7-3-2-4-17-12(7)13(19)18-11-6-9(15)8(14)5-10(11)16/h5-7,12,17H,2-4H2,1H3,(H,18,19). The van der Waals surface area contributed by atoms with Gasteiger partial charge in [-0.3, -0.25) is 4.79 Å². The molecular formula is C13H15Cl3N2O. The lowest BCUT2D eigenvalue weighted by atomic mass is 9.92. The van der Waals surface area contributed by atoms with E-state index in [9.17, 15) is 4.79 Å². The van der Waals surface area contributed by atoms with E-state index in [1.54, 1.807) is 6.07 Å². The highest BCUT2D eigenvalue weighted by Crippen LogP contribution is 2.32. The summed E-state index contributed by atoms with van der Waals surface area (Å²) in [5.41, 5.74) is 0.487. The first-order valence-electron chi connectivity index (χ1n) is 6.18. The molecule has 2 atom stereocenters. The van der Waals surface area contributed by atoms with Gasteiger partial charge < -0.3 is 10.6 Å². The van der Waals surface area contributed by atoms with E-state index in [0.717, 1.165) is 19.4 Å². The molecule has 1 aliphatic rings. The molecule has 1 aliphatic heterocycles. The van der Waals surface area contributed by atoms with Gasteiger partial charge in [0.05, 0.1) is 26.8 Å². The highest BCUT2D eigenvalue weighted by molar-refractivity contribution is 6.44. The van der Waals surface area contributed by atoms with Crippen LogP contribution < -0.4 is 10.6 Å². The normalized spacial score (nSPS) is 23.2. The Labute approximate surface area is 127 Å². The van der Waals surface area contributed by atoms with Gasteiger partial charge in [0.15, 0.2) is 0 Å². The summed E-state index contributed by atoms with van der Waals surface area (Å²) in [6.07, 6.45) is 2.14. The van der Waals surface area contributed by atoms with Crippen LogP contribution >= 0.6 is 34.8 Å². The molecule has 1 aromatic carbocycles. The number of piperidine rings is 1. The molecule has 19 heavy (non-hydrogen) atoms. The Morgan fingerprint density at radius 1 is 1.26 bits per heavy atom. The first-order valence-corrected chi connectivity index (χ1v) is 7.31. The Hall–Kier alpha value is -0.480. The van der Waals surface area contributed by atoms with Crippen LogP contribution in [-0.2, 0) is 4.79 Å². The fourth-order valence-corrected chi connectivity index (χ4v) is 2.82. The summed E-state index contributed by atoms with van der Waals surface area (Å²) in [6.45, 7) is 2.92. The molecule has 3 nitrogen and oxygen atoms in total. The van der Waals surface area contributed by atoms with Crippen molar-refractivity contribution in [3.63, 3.8) is 0 Å². The maximum absolute atomic E-state index is 12.2. The molecule has 6 heteroatoms. The quantitative estimate of drug-likeness (QED) is 0.809. The predicted molar refractivity (Wildman–Crippen MR) is 80.3 cm³/mol. The zero-order chi connectivity index (χ0) is 14.0. The summed E-state index contributed by atoms with van der Waals surface area (Å²) in [5, 5.41) is 7.14. The lowest BCUT2D eigenvalue weighted by Gasteiger charge is -2.29. The van der Waals surface area contributed by atoms with E-state index in [-0.39, 0.29) is 11.9 Å². The van der Waals surface area contributed by atoms with Crippen LogP contribution in [0.5, 0.6) is 0 Å². The number of rotatable bonds is 2. The van der Waals surface area contributed by atoms with Crippen LogP contribution in [0.4, 0.5) is 5.69 Å². The van der Waals surface area contributed by atoms with Crippen molar-refractivity contribution in [3.8, 4) is 0 Å². The van der Waals surface area contributed by atoms with E-state index >= 15 is 0 Å². The van der Waals surface area contributed by atoms with Crippen LogP contribution in [0.25, 0.3) is 0 Å². The maximum atomic E-state index is 12.2. The van der Waals surface area contributed by atoms with E-state index in [1.807, 2.05) is 0 Å². The molecule has 104 valence electrons. The minimum Gasteiger partial charge on any atom is -0.323 e. The molecule has 0 aliphatic carbocycles. The van der Waals surface area contributed by atoms with Crippen LogP contribution in [0.3, 0.4) is 0 Å². The highest BCUT2D eigenvalue weighted by atomic mass is 35.5. The van der Waals surface area contributed by atoms with E-state index in [2.05, 4.69) is 17.6 Å². The van der Waals surface area contributed by atoms with Crippen molar-refractivity contribution in [1.82, 2.24) is 5.32 Å². The fraction of sp³-hybridized carbons (Fsp3) is 0.462. The molecule has 1 saturated heterocycles. The predicted octanol–water partition coefficient (Wildman–Crippen LogP) is 3.97. The third kappa shape index (κ3) is 3.54. The molecule has 2 N–H and O–H groups in total. The van der Waals surface area contributed by atoms with Crippen molar-refractivity contribution in [3.05, 3.63) is 27.2 Å². The highest BCUT2D eigenvalue weighted by Gasteiger charge is 2.27. The minimum absolute atomic E-state index is 0.0903. The van der Waals surface area contributed by atoms with Crippen molar-refractivity contribution in [2.45, 2.75) is 25.8 Å². The third-order valence-electron chi connectivity index (χ3n) is 3.32. The fourth-order valence-electron chi connectivity index (χ4n) is 2.23. The average Bonchev–Trinajstić information content (AvgIpc) is 2.36. The molecule has 0 aromatic heterocycles. The number of carbonyl (C=O) groups is 1. The van der Waals surface area contributed by atoms with E-state index in [1.165, 1.54) is 6.07 Å². The van der Waals surface area contributed by atoms with Gasteiger partial charge in [0, 0.05) is 0 Å². The lowest BCUT2D eigenvalue weighted by Crippen LogP contribution is -2.48. The molecule has 0 saturated carbocycles. The van der Waals surface area contributed by atoms with Gasteiger partial charge >= 0.3 is 0 Å². The summed E-state index contributed by atoms with van der Waals surface area (Å²) in [6, 6.07) is 2.90. The largest absolute Gasteiger partial charge is 0.323 e. The lowest BCUT2D eigenvalue weighted by molar-refractivity contribution is -0.119. The van der Waals surface area contributed by atoms with Gasteiger partial charge in [-0.25, -0.2) is 0 Å². The second-order valence-electron chi connectivity index (χ2n) is 4.79. The van der Waals surface area contributed by atoms with E-state index in [0.29, 0.717) is 26.7 Å². The van der Waals surface area contributed by atoms with Crippen LogP contribution in [0.2, 0.25) is 15.1 Å². The van der Waals surface area contributed by atoms with Crippen molar-refractivity contribution in [2.75, 3.05) is 11.9 Å². The number of hydrogen-bond acceptors (Lipinski definition) is 2. The number of benzene rings is 1. The number of carbonyl (C=O) groups excluding carboxylic acids is 1. The molecule has 0 spiro atoms. The Morgan fingerprint density at radius 3 is 2.63 bits per heavy atom. The zero-order valence-corrected chi connectivity index (χ0v) is 12.7. The van der Waals surface area contributed by atoms with Crippen LogP contribution in [0.1, 0.15) is 19.8 Å². The van der Waals surface area contributed by atoms with Gasteiger partial charge in [0.25, 0.3) is 0 Å². The van der Waals surface area contributed by atoms with Crippen molar-refractivity contribution in [1.29, 1.82) is 0 Å². The van der Waals surface area contributed by atoms with Gasteiger partial charge in [0.2, 0.25) is 5.91 Å². The summed E-state index contributed by atoms with van der Waals surface area (Å²) >= 11 is 17.8. The molecule has 2 rings (SSSR count). The van der Waals surface area contributed by atoms with E-state index in [4.69, 9.17) is 34.8 Å². The van der Waals surface area contributed by atoms with E-state index < -0.39 is 0 Å². The third-order valence-corrected chi connectivity index (χ3v) is 4.35. The SMILES string of the molecule is CC1CCCNC1C(=O)Nc1cc(Cl)c(Cl)cc1Cl. The van der Waals surface area contributed by atoms with Crippen molar-refractivity contribution in [2.24, 2.45) is 5.92 Å². The average molecular weight is 322 g/mol. The van der Waals surface area contributed by atoms with Crippen LogP contribution in [0.15, 0.2) is 12.1 Å². The summed E-state index contributed by atoms with van der Waals surface area (Å²) < 4.78 is 0. The summed E-state index contributed by atoms with van der Waals surface area (Å²) in [5.74, 6) is 0.211. The topological polar surface area (TPSA) is 41.1 Å². The van der Waals surface area contributed by atoms with Crippen molar-refractivity contribution >= 4 is 46.4 Å². The Kier molecular flexibility index (Phi) is 4.96. The molecule has 2 unspecified atom stereocenters. The van der Waals surface area contributed by atoms with Gasteiger partial charge in [-0.05, 0) is 37.4 Å². The number of nitrogens with one attached hydrogen (secondary N) is 2. The molecular weight excluding hydrogens is 307 g/mol. The molecule has 1 amide bonds. The molecule has 1 aromatic rings. The van der Waals surface area contributed by atoms with Gasteiger partial charge in [-0.1, -0.05) is 41.7 Å². The van der Waals surface area contributed by atoms with Crippen LogP contribution in [-0.4, -0.2) is 18.5 Å². The van der Waals surface area contributed by atoms with Crippen LogP contribution in [0, 0.1) is 5.92 Å². The summed E-state index contributed by atoms with van der Waals surface area (Å²) in [7, 11) is 0. The smallest absolute Gasteiger partial charge is 0.241 e. The Morgan fingerprint density at radius 2 is 1.95 bits per heavy atom. The summed E-state index contributed by atoms with van der Waals surface area (Å²) in [4.78, 5) is 12.2. The first kappa shape index (κ1) is 14.9. The maximum Gasteiger partial charge on any atom is 0.241 e. The van der Waals surface area contributed by atoms with Gasteiger partial charge in [-0.2, -0.15) is 0 Å². The number of hydrogen-bond donors (Lipinski definition) is 2. The molecule has 1 fully saturated rings. The molecule has 0 radical (unpaired) electrons. The Balaban J connectivity index is 2.12. The minimum atomic E-state index is -0.195. The number of anilines is 1. The van der Waals surface area contributed by atoms with Gasteiger partial charge in [0.1, 0.15) is 0 Å². The Bertz CT molecular complexity index is 493. The second kappa shape index (κ2) is 6.31. The zero-order valence-electron chi connectivity index (χ0n) is 10.5. The first-order chi connectivity index (χ1) is 8.99. The molecule has 1 heterocycles.